The Hall–Kier alpha value is -2.12. The number of carbonyl (C=O) groups excluding carboxylic acids is 3. The van der Waals surface area contributed by atoms with Gasteiger partial charge in [0.05, 0.1) is 12.5 Å². The third kappa shape index (κ3) is 7.53. The number of carboxylic acid groups (broad SMARTS) is 1. The first-order valence-electron chi connectivity index (χ1n) is 8.86. The summed E-state index contributed by atoms with van der Waals surface area (Å²) < 4.78 is 0. The monoisotopic (exact) mass is 355 g/mol. The van der Waals surface area contributed by atoms with E-state index in [1.165, 1.54) is 9.80 Å². The van der Waals surface area contributed by atoms with Crippen LogP contribution in [0.5, 0.6) is 0 Å². The number of carbonyl (C=O) groups is 4. The zero-order chi connectivity index (χ0) is 18.8. The van der Waals surface area contributed by atoms with Crippen molar-refractivity contribution in [1.29, 1.82) is 0 Å². The Bertz CT molecular complexity index is 495. The van der Waals surface area contributed by atoms with Crippen LogP contribution >= 0.6 is 0 Å². The van der Waals surface area contributed by atoms with Gasteiger partial charge in [0, 0.05) is 39.5 Å². The Morgan fingerprint density at radius 2 is 1.96 bits per heavy atom. The number of nitrogens with one attached hydrogen (secondary N) is 1. The van der Waals surface area contributed by atoms with Gasteiger partial charge < -0.3 is 20.2 Å². The van der Waals surface area contributed by atoms with Crippen LogP contribution in [0.25, 0.3) is 0 Å². The highest BCUT2D eigenvalue weighted by Crippen LogP contribution is 2.16. The quantitative estimate of drug-likeness (QED) is 0.625. The van der Waals surface area contributed by atoms with Crippen LogP contribution in [-0.2, 0) is 19.2 Å². The number of hydrogen-bond acceptors (Lipinski definition) is 4. The van der Waals surface area contributed by atoms with Crippen molar-refractivity contribution in [2.24, 2.45) is 5.92 Å². The summed E-state index contributed by atoms with van der Waals surface area (Å²) in [6, 6.07) is 0. The predicted molar refractivity (Wildman–Crippen MR) is 91.7 cm³/mol. The number of hydrogen-bond donors (Lipinski definition) is 2. The van der Waals surface area contributed by atoms with E-state index >= 15 is 0 Å². The fourth-order valence-corrected chi connectivity index (χ4v) is 2.74. The van der Waals surface area contributed by atoms with Crippen LogP contribution in [0.3, 0.4) is 0 Å². The van der Waals surface area contributed by atoms with Gasteiger partial charge in [-0.25, -0.2) is 0 Å². The second-order valence-electron chi connectivity index (χ2n) is 6.47. The van der Waals surface area contributed by atoms with Crippen LogP contribution in [0.2, 0.25) is 0 Å². The standard InChI is InChI=1S/C17H29N3O5/c1-3-9-18-14(21)7-4-8-15(22)19(2)12-16(23)20-10-5-6-13(11-20)17(24)25/h13H,3-12H2,1-2H3,(H,18,21)(H,24,25). The van der Waals surface area contributed by atoms with Gasteiger partial charge in [0.1, 0.15) is 0 Å². The molecule has 8 heteroatoms. The lowest BCUT2D eigenvalue weighted by Gasteiger charge is -2.32. The van der Waals surface area contributed by atoms with Gasteiger partial charge in [-0.1, -0.05) is 6.92 Å². The van der Waals surface area contributed by atoms with Gasteiger partial charge in [-0.05, 0) is 25.7 Å². The lowest BCUT2D eigenvalue weighted by atomic mass is 9.98. The molecule has 0 bridgehead atoms. The first kappa shape index (κ1) is 20.9. The largest absolute Gasteiger partial charge is 0.481 e. The molecular formula is C17H29N3O5. The highest BCUT2D eigenvalue weighted by Gasteiger charge is 2.28. The summed E-state index contributed by atoms with van der Waals surface area (Å²) in [5.74, 6) is -1.91. The van der Waals surface area contributed by atoms with Crippen LogP contribution in [0.1, 0.15) is 45.4 Å². The Kier molecular flexibility index (Phi) is 8.94. The first-order valence-corrected chi connectivity index (χ1v) is 8.86. The minimum absolute atomic E-state index is 0.0623. The third-order valence-corrected chi connectivity index (χ3v) is 4.29. The number of likely N-dealkylation sites (N-methyl/N-ethyl adjacent to an activating group) is 1. The summed E-state index contributed by atoms with van der Waals surface area (Å²) in [7, 11) is 1.55. The maximum Gasteiger partial charge on any atom is 0.308 e. The molecule has 8 nitrogen and oxygen atoms in total. The molecule has 0 aliphatic carbocycles. The van der Waals surface area contributed by atoms with Crippen LogP contribution in [0.4, 0.5) is 0 Å². The SMILES string of the molecule is CCCNC(=O)CCCC(=O)N(C)CC(=O)N1CCCC(C(=O)O)C1. The van der Waals surface area contributed by atoms with E-state index in [2.05, 4.69) is 5.32 Å². The maximum absolute atomic E-state index is 12.3. The molecule has 25 heavy (non-hydrogen) atoms. The molecule has 0 radical (unpaired) electrons. The number of aliphatic carboxylic acids is 1. The van der Waals surface area contributed by atoms with Gasteiger partial charge in [0.25, 0.3) is 0 Å². The highest BCUT2D eigenvalue weighted by atomic mass is 16.4. The van der Waals surface area contributed by atoms with E-state index < -0.39 is 11.9 Å². The van der Waals surface area contributed by atoms with E-state index in [1.807, 2.05) is 6.92 Å². The zero-order valence-electron chi connectivity index (χ0n) is 15.1. The number of rotatable bonds is 9. The molecule has 1 fully saturated rings. The molecule has 0 aromatic rings. The number of carboxylic acids is 1. The van der Waals surface area contributed by atoms with Crippen molar-refractivity contribution in [3.8, 4) is 0 Å². The van der Waals surface area contributed by atoms with E-state index in [0.717, 1.165) is 6.42 Å². The van der Waals surface area contributed by atoms with Crippen molar-refractivity contribution >= 4 is 23.7 Å². The Balaban J connectivity index is 2.32. The molecule has 1 atom stereocenters. The van der Waals surface area contributed by atoms with Crippen molar-refractivity contribution in [3.63, 3.8) is 0 Å². The molecule has 2 N–H and O–H groups in total. The summed E-state index contributed by atoms with van der Waals surface area (Å²) in [4.78, 5) is 49.7. The normalized spacial score (nSPS) is 17.0. The van der Waals surface area contributed by atoms with E-state index in [1.54, 1.807) is 7.05 Å². The number of piperidine rings is 1. The minimum atomic E-state index is -0.886. The van der Waals surface area contributed by atoms with Gasteiger partial charge in [0.15, 0.2) is 0 Å². The van der Waals surface area contributed by atoms with Gasteiger partial charge in [-0.3, -0.25) is 19.2 Å². The number of amides is 3. The van der Waals surface area contributed by atoms with Crippen LogP contribution < -0.4 is 5.32 Å². The molecule has 0 saturated carbocycles. The van der Waals surface area contributed by atoms with E-state index in [9.17, 15) is 19.2 Å². The summed E-state index contributed by atoms with van der Waals surface area (Å²) in [5.41, 5.74) is 0. The molecule has 0 aromatic carbocycles. The first-order chi connectivity index (χ1) is 11.8. The number of nitrogens with zero attached hydrogens (tertiary/aromatic N) is 2. The lowest BCUT2D eigenvalue weighted by Crippen LogP contribution is -2.46. The van der Waals surface area contributed by atoms with E-state index in [4.69, 9.17) is 5.11 Å². The molecule has 1 unspecified atom stereocenters. The fourth-order valence-electron chi connectivity index (χ4n) is 2.74. The third-order valence-electron chi connectivity index (χ3n) is 4.29. The van der Waals surface area contributed by atoms with Crippen molar-refractivity contribution in [2.75, 3.05) is 33.2 Å². The molecule has 0 aromatic heterocycles. The highest BCUT2D eigenvalue weighted by molar-refractivity contribution is 5.85. The Morgan fingerprint density at radius 3 is 2.60 bits per heavy atom. The molecule has 1 aliphatic rings. The molecular weight excluding hydrogens is 326 g/mol. The molecule has 1 saturated heterocycles. The molecule has 0 spiro atoms. The smallest absolute Gasteiger partial charge is 0.308 e. The number of likely N-dealkylation sites (tertiary alicyclic amines) is 1. The molecule has 1 heterocycles. The van der Waals surface area contributed by atoms with Crippen molar-refractivity contribution in [3.05, 3.63) is 0 Å². The summed E-state index contributed by atoms with van der Waals surface area (Å²) >= 11 is 0. The van der Waals surface area contributed by atoms with E-state index in [-0.39, 0.29) is 37.2 Å². The van der Waals surface area contributed by atoms with E-state index in [0.29, 0.717) is 38.8 Å². The van der Waals surface area contributed by atoms with Gasteiger partial charge in [-0.15, -0.1) is 0 Å². The molecule has 3 amide bonds. The summed E-state index contributed by atoms with van der Waals surface area (Å²) in [5, 5.41) is 11.8. The van der Waals surface area contributed by atoms with Crippen molar-refractivity contribution in [1.82, 2.24) is 15.1 Å². The second kappa shape index (κ2) is 10.7. The van der Waals surface area contributed by atoms with Crippen molar-refractivity contribution < 1.29 is 24.3 Å². The fraction of sp³-hybridized carbons (Fsp3) is 0.765. The topological polar surface area (TPSA) is 107 Å². The average molecular weight is 355 g/mol. The van der Waals surface area contributed by atoms with Gasteiger partial charge >= 0.3 is 5.97 Å². The molecule has 1 rings (SSSR count). The zero-order valence-corrected chi connectivity index (χ0v) is 15.1. The van der Waals surface area contributed by atoms with Gasteiger partial charge in [0.2, 0.25) is 17.7 Å². The summed E-state index contributed by atoms with van der Waals surface area (Å²) in [6.45, 7) is 3.27. The van der Waals surface area contributed by atoms with Crippen molar-refractivity contribution in [2.45, 2.75) is 45.4 Å². The van der Waals surface area contributed by atoms with Crippen LogP contribution in [-0.4, -0.2) is 71.8 Å². The Labute approximate surface area is 148 Å². The van der Waals surface area contributed by atoms with Crippen LogP contribution in [0.15, 0.2) is 0 Å². The second-order valence-corrected chi connectivity index (χ2v) is 6.47. The Morgan fingerprint density at radius 1 is 1.24 bits per heavy atom. The lowest BCUT2D eigenvalue weighted by molar-refractivity contribution is -0.147. The average Bonchev–Trinajstić information content (AvgIpc) is 2.59. The van der Waals surface area contributed by atoms with Crippen LogP contribution in [0, 0.1) is 5.92 Å². The summed E-state index contributed by atoms with van der Waals surface area (Å²) in [6.07, 6.45) is 3.05. The van der Waals surface area contributed by atoms with Gasteiger partial charge in [-0.2, -0.15) is 0 Å². The molecule has 1 aliphatic heterocycles. The predicted octanol–water partition coefficient (Wildman–Crippen LogP) is 0.465. The maximum atomic E-state index is 12.3. The minimum Gasteiger partial charge on any atom is -0.481 e. The molecule has 142 valence electrons.